The molecule has 3 aromatic rings. The highest BCUT2D eigenvalue weighted by molar-refractivity contribution is 7.89. The van der Waals surface area contributed by atoms with Crippen LogP contribution in [0.2, 0.25) is 0 Å². The highest BCUT2D eigenvalue weighted by Gasteiger charge is 2.33. The van der Waals surface area contributed by atoms with E-state index in [1.807, 2.05) is 6.07 Å². The van der Waals surface area contributed by atoms with Gasteiger partial charge in [-0.1, -0.05) is 6.07 Å². The third-order valence-corrected chi connectivity index (χ3v) is 7.66. The van der Waals surface area contributed by atoms with Gasteiger partial charge in [-0.25, -0.2) is 8.42 Å². The van der Waals surface area contributed by atoms with Gasteiger partial charge in [0.15, 0.2) is 0 Å². The van der Waals surface area contributed by atoms with Crippen molar-refractivity contribution in [2.75, 3.05) is 13.1 Å². The number of nitriles is 1. The molecule has 10 nitrogen and oxygen atoms in total. The zero-order valence-electron chi connectivity index (χ0n) is 18.3. The van der Waals surface area contributed by atoms with Crippen LogP contribution in [-0.4, -0.2) is 59.0 Å². The Labute approximate surface area is 196 Å². The van der Waals surface area contributed by atoms with Crippen molar-refractivity contribution < 1.29 is 23.1 Å². The summed E-state index contributed by atoms with van der Waals surface area (Å²) >= 11 is 0. The van der Waals surface area contributed by atoms with Crippen molar-refractivity contribution in [3.05, 3.63) is 54.5 Å². The molecule has 34 heavy (non-hydrogen) atoms. The Morgan fingerprint density at radius 1 is 1.24 bits per heavy atom. The Bertz CT molecular complexity index is 1350. The summed E-state index contributed by atoms with van der Waals surface area (Å²) in [4.78, 5) is 29.1. The van der Waals surface area contributed by atoms with Crippen LogP contribution in [0.1, 0.15) is 25.0 Å². The van der Waals surface area contributed by atoms with Gasteiger partial charge in [-0.05, 0) is 55.0 Å². The minimum Gasteiger partial charge on any atom is -0.481 e. The summed E-state index contributed by atoms with van der Waals surface area (Å²) in [5.74, 6) is -1.80. The lowest BCUT2D eigenvalue weighted by atomic mass is 9.96. The predicted molar refractivity (Wildman–Crippen MR) is 123 cm³/mol. The van der Waals surface area contributed by atoms with E-state index in [0.29, 0.717) is 24.1 Å². The van der Waals surface area contributed by atoms with Crippen LogP contribution in [0.4, 0.5) is 0 Å². The van der Waals surface area contributed by atoms with Crippen molar-refractivity contribution in [1.29, 1.82) is 5.26 Å². The van der Waals surface area contributed by atoms with Gasteiger partial charge in [0, 0.05) is 37.5 Å². The number of aromatic amines is 1. The Kier molecular flexibility index (Phi) is 6.72. The summed E-state index contributed by atoms with van der Waals surface area (Å²) in [6, 6.07) is 10.9. The number of rotatable bonds is 8. The van der Waals surface area contributed by atoms with E-state index >= 15 is 0 Å². The number of carbonyl (C=O) groups is 2. The van der Waals surface area contributed by atoms with Crippen LogP contribution in [0.15, 0.2) is 53.7 Å². The van der Waals surface area contributed by atoms with Crippen LogP contribution in [-0.2, 0) is 26.2 Å². The minimum atomic E-state index is -4.03. The number of aromatic nitrogens is 2. The number of sulfonamides is 1. The highest BCUT2D eigenvalue weighted by atomic mass is 32.2. The van der Waals surface area contributed by atoms with Gasteiger partial charge in [-0.3, -0.25) is 9.59 Å². The van der Waals surface area contributed by atoms with Gasteiger partial charge < -0.3 is 19.6 Å². The molecular formula is C23H25N5O5S. The first kappa shape index (κ1) is 23.5. The first-order valence-corrected chi connectivity index (χ1v) is 12.4. The maximum atomic E-state index is 13.3. The number of carboxylic acid groups (broad SMARTS) is 1. The van der Waals surface area contributed by atoms with Crippen LogP contribution >= 0.6 is 0 Å². The molecule has 0 saturated carbocycles. The standard InChI is InChI=1S/C23H25N5O5S/c24-15-18-2-1-10-27(18)13-8-20(22(29)28-11-6-17(7-12-28)23(30)31)26-34(32,33)19-4-3-16-5-9-25-21(16)14-19/h1-5,9-10,14,17,20,25-26H,6-8,11-13H2,(H,30,31). The molecule has 1 unspecified atom stereocenters. The molecule has 178 valence electrons. The fourth-order valence-electron chi connectivity index (χ4n) is 4.23. The average Bonchev–Trinajstić information content (AvgIpc) is 3.49. The van der Waals surface area contributed by atoms with Gasteiger partial charge in [0.25, 0.3) is 0 Å². The van der Waals surface area contributed by atoms with Crippen LogP contribution in [0.5, 0.6) is 0 Å². The predicted octanol–water partition coefficient (Wildman–Crippen LogP) is 1.90. The first-order chi connectivity index (χ1) is 16.3. The van der Waals surface area contributed by atoms with E-state index in [4.69, 9.17) is 0 Å². The van der Waals surface area contributed by atoms with Crippen molar-refractivity contribution in [3.63, 3.8) is 0 Å². The van der Waals surface area contributed by atoms with Gasteiger partial charge in [0.05, 0.1) is 10.8 Å². The van der Waals surface area contributed by atoms with Crippen LogP contribution in [0, 0.1) is 17.2 Å². The lowest BCUT2D eigenvalue weighted by Gasteiger charge is -2.33. The molecule has 3 heterocycles. The molecule has 3 N–H and O–H groups in total. The molecule has 0 bridgehead atoms. The molecule has 2 aromatic heterocycles. The summed E-state index contributed by atoms with van der Waals surface area (Å²) < 4.78 is 30.6. The number of H-pyrrole nitrogens is 1. The van der Waals surface area contributed by atoms with E-state index in [9.17, 15) is 28.4 Å². The topological polar surface area (TPSA) is 148 Å². The third-order valence-electron chi connectivity index (χ3n) is 6.19. The number of hydrogen-bond acceptors (Lipinski definition) is 5. The number of nitrogens with one attached hydrogen (secondary N) is 2. The van der Waals surface area contributed by atoms with E-state index < -0.39 is 33.9 Å². The molecule has 1 saturated heterocycles. The highest BCUT2D eigenvalue weighted by Crippen LogP contribution is 2.21. The number of aryl methyl sites for hydroxylation is 1. The average molecular weight is 484 g/mol. The van der Waals surface area contributed by atoms with Crippen molar-refractivity contribution in [3.8, 4) is 6.07 Å². The Morgan fingerprint density at radius 2 is 2.00 bits per heavy atom. The van der Waals surface area contributed by atoms with E-state index in [2.05, 4.69) is 15.8 Å². The molecule has 1 fully saturated rings. The maximum absolute atomic E-state index is 13.3. The summed E-state index contributed by atoms with van der Waals surface area (Å²) in [7, 11) is -4.03. The summed E-state index contributed by atoms with van der Waals surface area (Å²) in [5, 5.41) is 19.3. The van der Waals surface area contributed by atoms with Crippen molar-refractivity contribution in [2.24, 2.45) is 5.92 Å². The number of likely N-dealkylation sites (tertiary alicyclic amines) is 1. The molecule has 1 aliphatic heterocycles. The van der Waals surface area contributed by atoms with Gasteiger partial charge in [0.1, 0.15) is 17.8 Å². The largest absolute Gasteiger partial charge is 0.481 e. The smallest absolute Gasteiger partial charge is 0.306 e. The number of benzene rings is 1. The Balaban J connectivity index is 1.55. The molecule has 4 rings (SSSR count). The van der Waals surface area contributed by atoms with Gasteiger partial charge >= 0.3 is 5.97 Å². The van der Waals surface area contributed by atoms with Crippen molar-refractivity contribution in [2.45, 2.75) is 36.7 Å². The van der Waals surface area contributed by atoms with Crippen LogP contribution < -0.4 is 4.72 Å². The number of nitrogens with zero attached hydrogens (tertiary/aromatic N) is 3. The van der Waals surface area contributed by atoms with E-state index in [1.54, 1.807) is 35.2 Å². The van der Waals surface area contributed by atoms with Crippen molar-refractivity contribution in [1.82, 2.24) is 19.2 Å². The Morgan fingerprint density at radius 3 is 2.71 bits per heavy atom. The van der Waals surface area contributed by atoms with E-state index in [1.165, 1.54) is 17.0 Å². The first-order valence-electron chi connectivity index (χ1n) is 10.9. The SMILES string of the molecule is N#Cc1cccn1CCC(NS(=O)(=O)c1ccc2cc[nH]c2c1)C(=O)N1CCC(C(=O)O)CC1. The molecular weight excluding hydrogens is 458 g/mol. The van der Waals surface area contributed by atoms with E-state index in [-0.39, 0.29) is 31.0 Å². The van der Waals surface area contributed by atoms with Gasteiger partial charge in [-0.15, -0.1) is 0 Å². The second-order valence-electron chi connectivity index (χ2n) is 8.33. The molecule has 11 heteroatoms. The lowest BCUT2D eigenvalue weighted by Crippen LogP contribution is -2.51. The van der Waals surface area contributed by atoms with Crippen LogP contribution in [0.25, 0.3) is 10.9 Å². The second-order valence-corrected chi connectivity index (χ2v) is 10.0. The lowest BCUT2D eigenvalue weighted by molar-refractivity contribution is -0.146. The molecule has 1 aromatic carbocycles. The number of amides is 1. The zero-order chi connectivity index (χ0) is 24.3. The molecule has 1 atom stereocenters. The van der Waals surface area contributed by atoms with E-state index in [0.717, 1.165) is 5.39 Å². The number of hydrogen-bond donors (Lipinski definition) is 3. The Hall–Kier alpha value is -3.62. The quantitative estimate of drug-likeness (QED) is 0.446. The summed E-state index contributed by atoms with van der Waals surface area (Å²) in [5.41, 5.74) is 1.07. The van der Waals surface area contributed by atoms with Crippen LogP contribution in [0.3, 0.4) is 0 Å². The van der Waals surface area contributed by atoms with Gasteiger partial charge in [-0.2, -0.15) is 9.98 Å². The molecule has 1 aliphatic rings. The molecule has 0 aliphatic carbocycles. The second kappa shape index (κ2) is 9.70. The normalized spacial score (nSPS) is 15.8. The summed E-state index contributed by atoms with van der Waals surface area (Å²) in [6.45, 7) is 0.751. The molecule has 1 amide bonds. The monoisotopic (exact) mass is 483 g/mol. The number of carbonyl (C=O) groups excluding carboxylic acids is 1. The third kappa shape index (κ3) is 4.98. The fraction of sp³-hybridized carbons (Fsp3) is 0.348. The number of piperidine rings is 1. The molecule has 0 spiro atoms. The number of fused-ring (bicyclic) bond motifs is 1. The van der Waals surface area contributed by atoms with Gasteiger partial charge in [0.2, 0.25) is 15.9 Å². The van der Waals surface area contributed by atoms with Crippen molar-refractivity contribution >= 4 is 32.8 Å². The number of carboxylic acids is 1. The maximum Gasteiger partial charge on any atom is 0.306 e. The number of aliphatic carboxylic acids is 1. The fourth-order valence-corrected chi connectivity index (χ4v) is 5.48. The zero-order valence-corrected chi connectivity index (χ0v) is 19.2. The molecule has 0 radical (unpaired) electrons. The summed E-state index contributed by atoms with van der Waals surface area (Å²) in [6.07, 6.45) is 4.18. The minimum absolute atomic E-state index is 0.0310.